The molecule has 0 aromatic carbocycles. The van der Waals surface area contributed by atoms with E-state index in [0.29, 0.717) is 0 Å². The van der Waals surface area contributed by atoms with Crippen molar-refractivity contribution in [1.82, 2.24) is 0 Å². The molecule has 1 fully saturated rings. The summed E-state index contributed by atoms with van der Waals surface area (Å²) in [5, 5.41) is 0. The lowest BCUT2D eigenvalue weighted by Gasteiger charge is -2.37. The van der Waals surface area contributed by atoms with Gasteiger partial charge in [0, 0.05) is 6.42 Å². The maximum atomic E-state index is 5.34. The Morgan fingerprint density at radius 1 is 1.20 bits per heavy atom. The van der Waals surface area contributed by atoms with Crippen LogP contribution in [0.2, 0.25) is 0 Å². The minimum absolute atomic E-state index is 0.922. The monoisotopic (exact) mass is 212 g/mol. The standard InChI is InChI=1S/C11H20NO.C2H6/c1-3-4-5-6-7-12(2)8-10-13-11-9-12;1-2/h1H,4-11H2,2H3;1-2H3/q+1;. The Morgan fingerprint density at radius 2 is 1.80 bits per heavy atom. The van der Waals surface area contributed by atoms with E-state index in [1.807, 2.05) is 13.8 Å². The topological polar surface area (TPSA) is 9.23 Å². The van der Waals surface area contributed by atoms with Gasteiger partial charge in [-0.25, -0.2) is 0 Å². The highest BCUT2D eigenvalue weighted by molar-refractivity contribution is 4.82. The summed E-state index contributed by atoms with van der Waals surface area (Å²) in [5.74, 6) is 2.69. The number of morpholine rings is 1. The molecule has 0 spiro atoms. The van der Waals surface area contributed by atoms with Gasteiger partial charge in [-0.15, -0.1) is 12.3 Å². The fourth-order valence-electron chi connectivity index (χ4n) is 1.73. The van der Waals surface area contributed by atoms with Crippen LogP contribution in [0.5, 0.6) is 0 Å². The van der Waals surface area contributed by atoms with Crippen molar-refractivity contribution in [2.75, 3.05) is 39.9 Å². The first-order valence-electron chi connectivity index (χ1n) is 6.12. The number of unbranched alkanes of at least 4 members (excludes halogenated alkanes) is 2. The number of likely N-dealkylation sites (N-methyl/N-ethyl adjacent to an activating group) is 1. The Hall–Kier alpha value is -0.520. The van der Waals surface area contributed by atoms with Crippen LogP contribution in [0.15, 0.2) is 0 Å². The van der Waals surface area contributed by atoms with Gasteiger partial charge in [-0.05, 0) is 12.8 Å². The van der Waals surface area contributed by atoms with Crippen LogP contribution in [0.3, 0.4) is 0 Å². The van der Waals surface area contributed by atoms with Crippen LogP contribution < -0.4 is 0 Å². The van der Waals surface area contributed by atoms with Crippen molar-refractivity contribution in [3.05, 3.63) is 0 Å². The molecule has 1 rings (SSSR count). The second-order valence-electron chi connectivity index (χ2n) is 4.06. The molecule has 0 bridgehead atoms. The van der Waals surface area contributed by atoms with E-state index in [2.05, 4.69) is 13.0 Å². The van der Waals surface area contributed by atoms with E-state index in [1.165, 1.54) is 23.9 Å². The normalized spacial score (nSPS) is 18.5. The molecule has 0 radical (unpaired) electrons. The van der Waals surface area contributed by atoms with E-state index >= 15 is 0 Å². The number of ether oxygens (including phenoxy) is 1. The van der Waals surface area contributed by atoms with Crippen LogP contribution in [0.25, 0.3) is 0 Å². The fraction of sp³-hybridized carbons (Fsp3) is 0.846. The van der Waals surface area contributed by atoms with Crippen molar-refractivity contribution in [2.24, 2.45) is 0 Å². The molecule has 0 atom stereocenters. The Morgan fingerprint density at radius 3 is 2.33 bits per heavy atom. The van der Waals surface area contributed by atoms with Gasteiger partial charge in [0.25, 0.3) is 0 Å². The summed E-state index contributed by atoms with van der Waals surface area (Å²) in [6.45, 7) is 9.43. The highest BCUT2D eigenvalue weighted by Gasteiger charge is 2.23. The third-order valence-electron chi connectivity index (χ3n) is 2.82. The van der Waals surface area contributed by atoms with Crippen LogP contribution in [0.1, 0.15) is 33.1 Å². The lowest BCUT2D eigenvalue weighted by atomic mass is 10.2. The Labute approximate surface area is 95.2 Å². The van der Waals surface area contributed by atoms with Crippen molar-refractivity contribution in [1.29, 1.82) is 0 Å². The highest BCUT2D eigenvalue weighted by atomic mass is 16.5. The van der Waals surface area contributed by atoms with E-state index in [4.69, 9.17) is 11.2 Å². The second kappa shape index (κ2) is 8.76. The first-order valence-corrected chi connectivity index (χ1v) is 6.12. The SMILES string of the molecule is C#CCCCC[N+]1(C)CCOCC1.CC. The van der Waals surface area contributed by atoms with Crippen molar-refractivity contribution in [2.45, 2.75) is 33.1 Å². The Bertz CT molecular complexity index is 177. The van der Waals surface area contributed by atoms with Gasteiger partial charge in [0.1, 0.15) is 13.1 Å². The number of hydrogen-bond acceptors (Lipinski definition) is 1. The summed E-state index contributed by atoms with van der Waals surface area (Å²) >= 11 is 0. The van der Waals surface area contributed by atoms with Crippen LogP contribution in [0, 0.1) is 12.3 Å². The first kappa shape index (κ1) is 14.5. The number of terminal acetylenes is 1. The lowest BCUT2D eigenvalue weighted by Crippen LogP contribution is -2.52. The molecule has 0 N–H and O–H groups in total. The maximum Gasteiger partial charge on any atom is 0.102 e. The van der Waals surface area contributed by atoms with Crippen LogP contribution in [0.4, 0.5) is 0 Å². The minimum atomic E-state index is 0.922. The van der Waals surface area contributed by atoms with Gasteiger partial charge < -0.3 is 9.22 Å². The molecule has 0 unspecified atom stereocenters. The third-order valence-corrected chi connectivity index (χ3v) is 2.82. The number of hydrogen-bond donors (Lipinski definition) is 0. The van der Waals surface area contributed by atoms with E-state index < -0.39 is 0 Å². The molecular formula is C13H26NO+. The van der Waals surface area contributed by atoms with Crippen LogP contribution in [-0.4, -0.2) is 44.4 Å². The predicted molar refractivity (Wildman–Crippen MR) is 65.6 cm³/mol. The van der Waals surface area contributed by atoms with Gasteiger partial charge in [-0.2, -0.15) is 0 Å². The zero-order valence-corrected chi connectivity index (χ0v) is 10.6. The number of nitrogens with zero attached hydrogens (tertiary/aromatic N) is 1. The molecule has 0 aromatic rings. The largest absolute Gasteiger partial charge is 0.370 e. The van der Waals surface area contributed by atoms with E-state index in [-0.39, 0.29) is 0 Å². The van der Waals surface area contributed by atoms with Crippen molar-refractivity contribution < 1.29 is 9.22 Å². The predicted octanol–water partition coefficient (Wildman–Crippen LogP) is 2.29. The van der Waals surface area contributed by atoms with Gasteiger partial charge in [0.2, 0.25) is 0 Å². The zero-order chi connectivity index (χ0) is 11.6. The van der Waals surface area contributed by atoms with Crippen LogP contribution >= 0.6 is 0 Å². The molecule has 0 saturated carbocycles. The third kappa shape index (κ3) is 6.54. The molecule has 2 nitrogen and oxygen atoms in total. The molecule has 2 heteroatoms. The summed E-state index contributed by atoms with van der Waals surface area (Å²) in [6, 6.07) is 0. The van der Waals surface area contributed by atoms with Gasteiger partial charge in [0.15, 0.2) is 0 Å². The minimum Gasteiger partial charge on any atom is -0.370 e. The van der Waals surface area contributed by atoms with Crippen molar-refractivity contribution >= 4 is 0 Å². The second-order valence-corrected chi connectivity index (χ2v) is 4.06. The molecule has 1 saturated heterocycles. The molecule has 1 aliphatic rings. The quantitative estimate of drug-likeness (QED) is 0.395. The van der Waals surface area contributed by atoms with Crippen LogP contribution in [-0.2, 0) is 4.74 Å². The van der Waals surface area contributed by atoms with E-state index in [1.54, 1.807) is 0 Å². The Kier molecular flexibility index (Phi) is 8.46. The summed E-state index contributed by atoms with van der Waals surface area (Å²) in [6.07, 6.45) is 8.56. The molecule has 0 amide bonds. The summed E-state index contributed by atoms with van der Waals surface area (Å²) in [7, 11) is 2.32. The van der Waals surface area contributed by atoms with Gasteiger partial charge in [-0.3, -0.25) is 0 Å². The number of rotatable bonds is 4. The molecule has 88 valence electrons. The summed E-state index contributed by atoms with van der Waals surface area (Å²) < 4.78 is 6.52. The average molecular weight is 212 g/mol. The van der Waals surface area contributed by atoms with Gasteiger partial charge >= 0.3 is 0 Å². The van der Waals surface area contributed by atoms with Gasteiger partial charge in [-0.1, -0.05) is 13.8 Å². The molecule has 15 heavy (non-hydrogen) atoms. The maximum absolute atomic E-state index is 5.34. The van der Waals surface area contributed by atoms with Crippen molar-refractivity contribution in [3.63, 3.8) is 0 Å². The Balaban J connectivity index is 0.000000921. The summed E-state index contributed by atoms with van der Waals surface area (Å²) in [5.41, 5.74) is 0. The average Bonchev–Trinajstić information content (AvgIpc) is 2.28. The molecule has 1 aliphatic heterocycles. The molecule has 0 aliphatic carbocycles. The van der Waals surface area contributed by atoms with E-state index in [9.17, 15) is 0 Å². The number of quaternary nitrogens is 1. The first-order chi connectivity index (χ1) is 7.27. The van der Waals surface area contributed by atoms with Gasteiger partial charge in [0.05, 0.1) is 26.8 Å². The molecular weight excluding hydrogens is 186 g/mol. The fourth-order valence-corrected chi connectivity index (χ4v) is 1.73. The zero-order valence-electron chi connectivity index (χ0n) is 10.6. The highest BCUT2D eigenvalue weighted by Crippen LogP contribution is 2.10. The summed E-state index contributed by atoms with van der Waals surface area (Å²) in [4.78, 5) is 0. The molecule has 0 aromatic heterocycles. The smallest absolute Gasteiger partial charge is 0.102 e. The lowest BCUT2D eigenvalue weighted by molar-refractivity contribution is -0.917. The van der Waals surface area contributed by atoms with Crippen molar-refractivity contribution in [3.8, 4) is 12.3 Å². The van der Waals surface area contributed by atoms with E-state index in [0.717, 1.165) is 32.7 Å². The molecule has 1 heterocycles.